The molecule has 3 atom stereocenters. The molecule has 0 spiro atoms. The molecule has 19 heavy (non-hydrogen) atoms. The fourth-order valence-electron chi connectivity index (χ4n) is 2.40. The van der Waals surface area contributed by atoms with Crippen molar-refractivity contribution in [3.05, 3.63) is 24.3 Å². The van der Waals surface area contributed by atoms with Gasteiger partial charge in [-0.1, -0.05) is 12.1 Å². The number of amides is 1. The molecule has 0 radical (unpaired) electrons. The van der Waals surface area contributed by atoms with E-state index in [9.17, 15) is 15.0 Å². The van der Waals surface area contributed by atoms with E-state index in [0.717, 1.165) is 5.69 Å². The molecule has 102 valence electrons. The minimum Gasteiger partial charge on any atom is -0.477 e. The monoisotopic (exact) mass is 264 g/mol. The maximum atomic E-state index is 12.2. The normalized spacial score (nSPS) is 29.4. The van der Waals surface area contributed by atoms with Gasteiger partial charge < -0.3 is 25.2 Å². The summed E-state index contributed by atoms with van der Waals surface area (Å²) in [6.07, 6.45) is -2.35. The van der Waals surface area contributed by atoms with Crippen molar-refractivity contribution in [1.29, 1.82) is 0 Å². The molecule has 1 aromatic rings. The predicted octanol–water partition coefficient (Wildman–Crippen LogP) is -0.577. The van der Waals surface area contributed by atoms with E-state index in [1.807, 2.05) is 18.2 Å². The lowest BCUT2D eigenvalue weighted by molar-refractivity contribution is -0.137. The molecule has 1 fully saturated rings. The average molecular weight is 264 g/mol. The number of rotatable bonds is 1. The Morgan fingerprint density at radius 1 is 1.26 bits per heavy atom. The Morgan fingerprint density at radius 2 is 1.95 bits per heavy atom. The van der Waals surface area contributed by atoms with Crippen molar-refractivity contribution >= 4 is 11.6 Å². The van der Waals surface area contributed by atoms with Crippen molar-refractivity contribution in [2.45, 2.75) is 18.3 Å². The molecule has 1 saturated heterocycles. The smallest absolute Gasteiger partial charge is 0.265 e. The van der Waals surface area contributed by atoms with Crippen molar-refractivity contribution in [1.82, 2.24) is 4.90 Å². The molecule has 0 aromatic heterocycles. The van der Waals surface area contributed by atoms with E-state index in [-0.39, 0.29) is 19.0 Å². The van der Waals surface area contributed by atoms with Crippen LogP contribution in [0.3, 0.4) is 0 Å². The lowest BCUT2D eigenvalue weighted by Crippen LogP contribution is -2.46. The first-order valence-corrected chi connectivity index (χ1v) is 6.29. The SMILES string of the molecule is O=C(C1CNc2ccccc2O1)N1C[C@@H](O)[C@@H](O)C1. The van der Waals surface area contributed by atoms with Gasteiger partial charge >= 0.3 is 0 Å². The van der Waals surface area contributed by atoms with Crippen LogP contribution in [0.15, 0.2) is 24.3 Å². The summed E-state index contributed by atoms with van der Waals surface area (Å²) in [7, 11) is 0. The third kappa shape index (κ3) is 2.24. The van der Waals surface area contributed by atoms with Gasteiger partial charge in [-0.25, -0.2) is 0 Å². The zero-order valence-corrected chi connectivity index (χ0v) is 10.3. The van der Waals surface area contributed by atoms with E-state index in [1.54, 1.807) is 6.07 Å². The van der Waals surface area contributed by atoms with Crippen LogP contribution in [0.25, 0.3) is 0 Å². The third-order valence-corrected chi connectivity index (χ3v) is 3.48. The summed E-state index contributed by atoms with van der Waals surface area (Å²) in [5.41, 5.74) is 0.869. The first-order chi connectivity index (χ1) is 9.15. The number of para-hydroxylation sites is 2. The van der Waals surface area contributed by atoms with Gasteiger partial charge in [0, 0.05) is 13.1 Å². The van der Waals surface area contributed by atoms with Crippen LogP contribution in [0.5, 0.6) is 5.75 Å². The molecule has 0 aliphatic carbocycles. The zero-order valence-electron chi connectivity index (χ0n) is 10.3. The number of β-amino-alcohol motifs (C(OH)–C–C–N with tert-alkyl or cyclic N) is 2. The highest BCUT2D eigenvalue weighted by atomic mass is 16.5. The predicted molar refractivity (Wildman–Crippen MR) is 67.9 cm³/mol. The van der Waals surface area contributed by atoms with Crippen molar-refractivity contribution in [2.75, 3.05) is 25.0 Å². The van der Waals surface area contributed by atoms with Crippen LogP contribution in [-0.2, 0) is 4.79 Å². The Bertz CT molecular complexity index is 483. The molecule has 2 aliphatic heterocycles. The van der Waals surface area contributed by atoms with Crippen LogP contribution in [0.2, 0.25) is 0 Å². The van der Waals surface area contributed by atoms with Crippen molar-refractivity contribution < 1.29 is 19.7 Å². The van der Waals surface area contributed by atoms with Crippen molar-refractivity contribution in [3.8, 4) is 5.75 Å². The van der Waals surface area contributed by atoms with Crippen molar-refractivity contribution in [2.24, 2.45) is 0 Å². The Balaban J connectivity index is 1.70. The molecule has 6 nitrogen and oxygen atoms in total. The first kappa shape index (κ1) is 12.3. The van der Waals surface area contributed by atoms with E-state index in [2.05, 4.69) is 5.32 Å². The maximum absolute atomic E-state index is 12.2. The largest absolute Gasteiger partial charge is 0.477 e. The lowest BCUT2D eigenvalue weighted by atomic mass is 10.2. The molecule has 6 heteroatoms. The number of hydrogen-bond acceptors (Lipinski definition) is 5. The molecule has 3 N–H and O–H groups in total. The zero-order chi connectivity index (χ0) is 13.4. The molecular formula is C13H16N2O4. The fraction of sp³-hybridized carbons (Fsp3) is 0.462. The highest BCUT2D eigenvalue weighted by Crippen LogP contribution is 2.29. The van der Waals surface area contributed by atoms with Crippen LogP contribution in [0.1, 0.15) is 0 Å². The van der Waals surface area contributed by atoms with Crippen LogP contribution in [0.4, 0.5) is 5.69 Å². The molecule has 2 aliphatic rings. The molecular weight excluding hydrogens is 248 g/mol. The minimum atomic E-state index is -0.868. The summed E-state index contributed by atoms with van der Waals surface area (Å²) in [4.78, 5) is 13.7. The summed E-state index contributed by atoms with van der Waals surface area (Å²) >= 11 is 0. The van der Waals surface area contributed by atoms with Gasteiger partial charge in [-0.2, -0.15) is 0 Å². The van der Waals surface area contributed by atoms with E-state index < -0.39 is 18.3 Å². The molecule has 2 heterocycles. The quantitative estimate of drug-likeness (QED) is 0.632. The Hall–Kier alpha value is -1.79. The topological polar surface area (TPSA) is 82.0 Å². The fourth-order valence-corrected chi connectivity index (χ4v) is 2.40. The lowest BCUT2D eigenvalue weighted by Gasteiger charge is -2.29. The standard InChI is InChI=1S/C13H16N2O4/c16-9-6-15(7-10(9)17)13(18)12-5-14-8-3-1-2-4-11(8)19-12/h1-4,9-10,12,14,16-17H,5-7H2/t9-,10+,12?. The number of benzene rings is 1. The summed E-state index contributed by atoms with van der Waals surface area (Å²) in [5, 5.41) is 22.1. The van der Waals surface area contributed by atoms with Gasteiger partial charge in [0.05, 0.1) is 24.4 Å². The molecule has 3 rings (SSSR count). The van der Waals surface area contributed by atoms with Crippen LogP contribution < -0.4 is 10.1 Å². The van der Waals surface area contributed by atoms with Gasteiger partial charge in [0.25, 0.3) is 5.91 Å². The number of hydrogen-bond donors (Lipinski definition) is 3. The Kier molecular flexibility index (Phi) is 3.04. The van der Waals surface area contributed by atoms with E-state index >= 15 is 0 Å². The Morgan fingerprint density at radius 3 is 2.68 bits per heavy atom. The number of aliphatic hydroxyl groups is 2. The number of carbonyl (C=O) groups is 1. The van der Waals surface area contributed by atoms with Crippen molar-refractivity contribution in [3.63, 3.8) is 0 Å². The van der Waals surface area contributed by atoms with E-state index in [4.69, 9.17) is 4.74 Å². The molecule has 1 amide bonds. The second-order valence-corrected chi connectivity index (χ2v) is 4.86. The average Bonchev–Trinajstić information content (AvgIpc) is 2.77. The molecule has 0 saturated carbocycles. The van der Waals surface area contributed by atoms with Crippen LogP contribution in [-0.4, -0.2) is 59.0 Å². The summed E-state index contributed by atoms with van der Waals surface area (Å²) < 4.78 is 5.66. The number of anilines is 1. The number of fused-ring (bicyclic) bond motifs is 1. The van der Waals surface area contributed by atoms with Gasteiger partial charge in [-0.3, -0.25) is 4.79 Å². The molecule has 0 bridgehead atoms. The van der Waals surface area contributed by atoms with Crippen LogP contribution >= 0.6 is 0 Å². The van der Waals surface area contributed by atoms with Gasteiger partial charge in [0.2, 0.25) is 0 Å². The highest BCUT2D eigenvalue weighted by molar-refractivity contribution is 5.83. The van der Waals surface area contributed by atoms with Crippen LogP contribution in [0, 0.1) is 0 Å². The second-order valence-electron chi connectivity index (χ2n) is 4.86. The number of likely N-dealkylation sites (tertiary alicyclic amines) is 1. The molecule has 1 aromatic carbocycles. The number of nitrogens with one attached hydrogen (secondary N) is 1. The summed E-state index contributed by atoms with van der Waals surface area (Å²) in [6, 6.07) is 7.43. The van der Waals surface area contributed by atoms with E-state index in [0.29, 0.717) is 12.3 Å². The number of aliphatic hydroxyl groups excluding tert-OH is 2. The molecule has 1 unspecified atom stereocenters. The second kappa shape index (κ2) is 4.71. The minimum absolute atomic E-state index is 0.154. The third-order valence-electron chi connectivity index (χ3n) is 3.48. The van der Waals surface area contributed by atoms with E-state index in [1.165, 1.54) is 4.90 Å². The highest BCUT2D eigenvalue weighted by Gasteiger charge is 2.37. The van der Waals surface area contributed by atoms with Gasteiger partial charge in [-0.05, 0) is 12.1 Å². The summed E-state index contributed by atoms with van der Waals surface area (Å²) in [6.45, 7) is 0.696. The first-order valence-electron chi connectivity index (χ1n) is 6.29. The number of carbonyl (C=O) groups excluding carboxylic acids is 1. The Labute approximate surface area is 110 Å². The van der Waals surface area contributed by atoms with Gasteiger partial charge in [0.15, 0.2) is 6.10 Å². The van der Waals surface area contributed by atoms with Gasteiger partial charge in [-0.15, -0.1) is 0 Å². The number of nitrogens with zero attached hydrogens (tertiary/aromatic N) is 1. The maximum Gasteiger partial charge on any atom is 0.265 e. The van der Waals surface area contributed by atoms with Gasteiger partial charge in [0.1, 0.15) is 5.75 Å². The summed E-state index contributed by atoms with van der Waals surface area (Å²) in [5.74, 6) is 0.435. The number of ether oxygens (including phenoxy) is 1.